The van der Waals surface area contributed by atoms with E-state index in [4.69, 9.17) is 9.84 Å². The van der Waals surface area contributed by atoms with Crippen LogP contribution in [0.25, 0.3) is 11.1 Å². The van der Waals surface area contributed by atoms with Crippen LogP contribution in [0.1, 0.15) is 10.5 Å². The number of H-pyrrole nitrogens is 1. The highest BCUT2D eigenvalue weighted by atomic mass is 16.5. The fourth-order valence-corrected chi connectivity index (χ4v) is 2.14. The predicted molar refractivity (Wildman–Crippen MR) is 79.7 cm³/mol. The van der Waals surface area contributed by atoms with Crippen LogP contribution in [0.4, 0.5) is 0 Å². The molecule has 4 heteroatoms. The summed E-state index contributed by atoms with van der Waals surface area (Å²) in [4.78, 5) is 13.9. The third kappa shape index (κ3) is 2.79. The van der Waals surface area contributed by atoms with Crippen LogP contribution < -0.4 is 4.74 Å². The second-order valence-electron chi connectivity index (χ2n) is 4.51. The summed E-state index contributed by atoms with van der Waals surface area (Å²) in [5, 5.41) is 9.16. The maximum Gasteiger partial charge on any atom is 0.352 e. The number of aromatic amines is 1. The van der Waals surface area contributed by atoms with Gasteiger partial charge in [0.2, 0.25) is 0 Å². The first-order chi connectivity index (χ1) is 10.2. The van der Waals surface area contributed by atoms with Crippen molar-refractivity contribution in [2.45, 2.75) is 0 Å². The highest BCUT2D eigenvalue weighted by molar-refractivity contribution is 5.94. The van der Waals surface area contributed by atoms with Gasteiger partial charge in [-0.15, -0.1) is 0 Å². The number of benzene rings is 2. The van der Waals surface area contributed by atoms with Gasteiger partial charge in [0.05, 0.1) is 0 Å². The Labute approximate surface area is 121 Å². The molecule has 0 aliphatic heterocycles. The largest absolute Gasteiger partial charge is 0.477 e. The quantitative estimate of drug-likeness (QED) is 0.753. The summed E-state index contributed by atoms with van der Waals surface area (Å²) in [5.74, 6) is 0.419. The first kappa shape index (κ1) is 13.0. The standard InChI is InChI=1S/C17H13NO3/c19-17(20)16-15(9-10-18-16)12-5-4-8-14(11-12)21-13-6-2-1-3-7-13/h1-11,18H,(H,19,20). The van der Waals surface area contributed by atoms with Gasteiger partial charge in [-0.3, -0.25) is 0 Å². The normalized spacial score (nSPS) is 10.3. The van der Waals surface area contributed by atoms with E-state index in [9.17, 15) is 4.79 Å². The number of aromatic carboxylic acids is 1. The first-order valence-electron chi connectivity index (χ1n) is 6.48. The Balaban J connectivity index is 1.93. The van der Waals surface area contributed by atoms with E-state index in [0.717, 1.165) is 11.3 Å². The minimum atomic E-state index is -0.982. The molecular weight excluding hydrogens is 266 g/mol. The lowest BCUT2D eigenvalue weighted by atomic mass is 10.1. The Bertz CT molecular complexity index is 762. The number of carboxylic acids is 1. The molecule has 0 saturated heterocycles. The lowest BCUT2D eigenvalue weighted by Crippen LogP contribution is -1.98. The summed E-state index contributed by atoms with van der Waals surface area (Å²) in [6, 6.07) is 18.5. The number of carbonyl (C=O) groups is 1. The lowest BCUT2D eigenvalue weighted by Gasteiger charge is -2.07. The number of aromatic nitrogens is 1. The van der Waals surface area contributed by atoms with E-state index in [-0.39, 0.29) is 5.69 Å². The van der Waals surface area contributed by atoms with Gasteiger partial charge in [0, 0.05) is 11.8 Å². The smallest absolute Gasteiger partial charge is 0.352 e. The monoisotopic (exact) mass is 279 g/mol. The van der Waals surface area contributed by atoms with Gasteiger partial charge in [-0.2, -0.15) is 0 Å². The molecule has 0 radical (unpaired) electrons. The number of carboxylic acid groups (broad SMARTS) is 1. The fraction of sp³-hybridized carbons (Fsp3) is 0. The number of hydrogen-bond donors (Lipinski definition) is 2. The maximum absolute atomic E-state index is 11.2. The Morgan fingerprint density at radius 3 is 2.48 bits per heavy atom. The molecule has 3 rings (SSSR count). The molecule has 0 unspecified atom stereocenters. The van der Waals surface area contributed by atoms with Crippen molar-refractivity contribution in [2.75, 3.05) is 0 Å². The molecule has 0 fully saturated rings. The molecule has 3 aromatic rings. The summed E-state index contributed by atoms with van der Waals surface area (Å²) >= 11 is 0. The SMILES string of the molecule is O=C(O)c1[nH]ccc1-c1cccc(Oc2ccccc2)c1. The summed E-state index contributed by atoms with van der Waals surface area (Å²) in [6.07, 6.45) is 1.61. The molecule has 0 atom stereocenters. The number of rotatable bonds is 4. The zero-order valence-corrected chi connectivity index (χ0v) is 11.1. The number of nitrogens with one attached hydrogen (secondary N) is 1. The molecule has 2 aromatic carbocycles. The zero-order chi connectivity index (χ0) is 14.7. The molecule has 0 spiro atoms. The third-order valence-electron chi connectivity index (χ3n) is 3.08. The van der Waals surface area contributed by atoms with Crippen LogP contribution in [-0.4, -0.2) is 16.1 Å². The van der Waals surface area contributed by atoms with Crippen LogP contribution in [0, 0.1) is 0 Å². The summed E-state index contributed by atoms with van der Waals surface area (Å²) in [7, 11) is 0. The Morgan fingerprint density at radius 2 is 1.71 bits per heavy atom. The van der Waals surface area contributed by atoms with Crippen LogP contribution >= 0.6 is 0 Å². The molecule has 0 bridgehead atoms. The average molecular weight is 279 g/mol. The van der Waals surface area contributed by atoms with Gasteiger partial charge in [0.15, 0.2) is 0 Å². The first-order valence-corrected chi connectivity index (χ1v) is 6.48. The van der Waals surface area contributed by atoms with Gasteiger partial charge in [0.25, 0.3) is 0 Å². The molecule has 1 heterocycles. The van der Waals surface area contributed by atoms with Gasteiger partial charge < -0.3 is 14.8 Å². The van der Waals surface area contributed by atoms with Crippen molar-refractivity contribution in [3.63, 3.8) is 0 Å². The van der Waals surface area contributed by atoms with Crippen molar-refractivity contribution in [3.8, 4) is 22.6 Å². The molecule has 0 amide bonds. The number of ether oxygens (including phenoxy) is 1. The van der Waals surface area contributed by atoms with E-state index in [1.54, 1.807) is 12.3 Å². The van der Waals surface area contributed by atoms with Gasteiger partial charge in [-0.1, -0.05) is 30.3 Å². The van der Waals surface area contributed by atoms with Crippen LogP contribution in [0.5, 0.6) is 11.5 Å². The van der Waals surface area contributed by atoms with Crippen LogP contribution in [-0.2, 0) is 0 Å². The maximum atomic E-state index is 11.2. The molecule has 4 nitrogen and oxygen atoms in total. The molecule has 0 aliphatic carbocycles. The average Bonchev–Trinajstić information content (AvgIpc) is 2.98. The molecule has 0 aliphatic rings. The topological polar surface area (TPSA) is 62.3 Å². The molecular formula is C17H13NO3. The van der Waals surface area contributed by atoms with Crippen molar-refractivity contribution in [3.05, 3.63) is 72.6 Å². The van der Waals surface area contributed by atoms with E-state index in [0.29, 0.717) is 11.3 Å². The lowest BCUT2D eigenvalue weighted by molar-refractivity contribution is 0.0692. The second-order valence-corrected chi connectivity index (χ2v) is 4.51. The molecule has 1 aromatic heterocycles. The van der Waals surface area contributed by atoms with Gasteiger partial charge in [-0.05, 0) is 35.9 Å². The van der Waals surface area contributed by atoms with Crippen molar-refractivity contribution in [1.29, 1.82) is 0 Å². The van der Waals surface area contributed by atoms with E-state index < -0.39 is 5.97 Å². The fourth-order valence-electron chi connectivity index (χ4n) is 2.14. The Morgan fingerprint density at radius 1 is 0.952 bits per heavy atom. The van der Waals surface area contributed by atoms with Crippen molar-refractivity contribution >= 4 is 5.97 Å². The van der Waals surface area contributed by atoms with E-state index in [1.807, 2.05) is 54.6 Å². The molecule has 0 saturated carbocycles. The van der Waals surface area contributed by atoms with Crippen LogP contribution in [0.2, 0.25) is 0 Å². The zero-order valence-electron chi connectivity index (χ0n) is 11.1. The minimum Gasteiger partial charge on any atom is -0.477 e. The predicted octanol–water partition coefficient (Wildman–Crippen LogP) is 4.17. The summed E-state index contributed by atoms with van der Waals surface area (Å²) < 4.78 is 5.76. The van der Waals surface area contributed by atoms with Gasteiger partial charge in [0.1, 0.15) is 17.2 Å². The summed E-state index contributed by atoms with van der Waals surface area (Å²) in [5.41, 5.74) is 1.61. The number of para-hydroxylation sites is 1. The van der Waals surface area contributed by atoms with Gasteiger partial charge >= 0.3 is 5.97 Å². The molecule has 21 heavy (non-hydrogen) atoms. The number of hydrogen-bond acceptors (Lipinski definition) is 2. The van der Waals surface area contributed by atoms with Crippen molar-refractivity contribution in [2.24, 2.45) is 0 Å². The highest BCUT2D eigenvalue weighted by Crippen LogP contribution is 2.29. The van der Waals surface area contributed by atoms with Crippen LogP contribution in [0.15, 0.2) is 66.9 Å². The highest BCUT2D eigenvalue weighted by Gasteiger charge is 2.13. The third-order valence-corrected chi connectivity index (χ3v) is 3.08. The van der Waals surface area contributed by atoms with E-state index in [2.05, 4.69) is 4.98 Å². The second kappa shape index (κ2) is 5.54. The van der Waals surface area contributed by atoms with E-state index in [1.165, 1.54) is 0 Å². The molecule has 2 N–H and O–H groups in total. The van der Waals surface area contributed by atoms with E-state index >= 15 is 0 Å². The Kier molecular flexibility index (Phi) is 3.43. The van der Waals surface area contributed by atoms with Gasteiger partial charge in [-0.25, -0.2) is 4.79 Å². The van der Waals surface area contributed by atoms with Crippen LogP contribution in [0.3, 0.4) is 0 Å². The minimum absolute atomic E-state index is 0.173. The summed E-state index contributed by atoms with van der Waals surface area (Å²) in [6.45, 7) is 0. The Hall–Kier alpha value is -3.01. The molecule has 104 valence electrons. The van der Waals surface area contributed by atoms with Crippen molar-refractivity contribution < 1.29 is 14.6 Å². The van der Waals surface area contributed by atoms with Crippen molar-refractivity contribution in [1.82, 2.24) is 4.98 Å².